The average molecular weight is 911 g/mol. The van der Waals surface area contributed by atoms with Crippen molar-refractivity contribution in [3.63, 3.8) is 0 Å². The van der Waals surface area contributed by atoms with Crippen LogP contribution in [0.25, 0.3) is 60.4 Å². The van der Waals surface area contributed by atoms with Crippen LogP contribution in [-0.2, 0) is 6.42 Å². The highest BCUT2D eigenvalue weighted by Gasteiger charge is 2.36. The lowest BCUT2D eigenvalue weighted by Crippen LogP contribution is -2.57. The molecule has 31 heteroatoms. The Balaban J connectivity index is 1.42. The van der Waals surface area contributed by atoms with Gasteiger partial charge in [0.2, 0.25) is 0 Å². The second-order valence-electron chi connectivity index (χ2n) is 19.0. The molecule has 0 fully saturated rings. The molecule has 58 radical (unpaired) electrons. The molecule has 2 atom stereocenters. The van der Waals surface area contributed by atoms with Gasteiger partial charge in [-0.1, -0.05) is 82.6 Å². The number of benzene rings is 6. The van der Waals surface area contributed by atoms with Crippen LogP contribution in [0.4, 0.5) is 0 Å². The molecule has 8 aromatic rings. The van der Waals surface area contributed by atoms with Gasteiger partial charge in [-0.05, 0) is 33.7 Å². The van der Waals surface area contributed by atoms with Crippen LogP contribution in [0.3, 0.4) is 0 Å². The van der Waals surface area contributed by atoms with Gasteiger partial charge in [0.25, 0.3) is 0 Å². The topological polar surface area (TPSA) is 9.86 Å². The summed E-state index contributed by atoms with van der Waals surface area (Å²) in [5, 5.41) is 0.271. The van der Waals surface area contributed by atoms with Crippen LogP contribution in [-0.4, -0.2) is 237 Å². The van der Waals surface area contributed by atoms with Crippen LogP contribution in [0.5, 0.6) is 0 Å². The van der Waals surface area contributed by atoms with Gasteiger partial charge < -0.3 is 9.13 Å². The fourth-order valence-corrected chi connectivity index (χ4v) is 10.8. The van der Waals surface area contributed by atoms with Crippen LogP contribution >= 0.6 is 0 Å². The van der Waals surface area contributed by atoms with Gasteiger partial charge in [-0.3, -0.25) is 0 Å². The van der Waals surface area contributed by atoms with E-state index in [0.29, 0.717) is 0 Å². The van der Waals surface area contributed by atoms with Gasteiger partial charge in [0, 0.05) is 39.1 Å². The van der Waals surface area contributed by atoms with E-state index in [-0.39, 0.29) is 236 Å². The first kappa shape index (κ1) is 58.2. The maximum Gasteiger partial charge on any atom is 0.115 e. The molecule has 0 amide bonds. The Bertz CT molecular complexity index is 4250. The quantitative estimate of drug-likeness (QED) is 0.111. The lowest BCUT2D eigenvalue weighted by molar-refractivity contribution is 0.791. The molecule has 0 bridgehead atoms. The molecule has 2 unspecified atom stereocenters. The maximum atomic E-state index is 7.39. The lowest BCUT2D eigenvalue weighted by Gasteiger charge is -2.31. The second-order valence-corrected chi connectivity index (χ2v) is 19.0. The average Bonchev–Trinajstić information content (AvgIpc) is 4.22. The minimum atomic E-state index is -1.39. The zero-order valence-corrected chi connectivity index (χ0v) is 41.6. The number of hydrogen-bond acceptors (Lipinski definition) is 0. The van der Waals surface area contributed by atoms with E-state index in [2.05, 4.69) is 5.92 Å². The molecule has 78 heavy (non-hydrogen) atoms. The zero-order valence-electron chi connectivity index (χ0n) is 41.6. The van der Waals surface area contributed by atoms with Crippen LogP contribution in [0.2, 0.25) is 0 Å². The minimum absolute atomic E-state index is 0.00227. The van der Waals surface area contributed by atoms with Crippen molar-refractivity contribution in [2.24, 2.45) is 0 Å². The largest absolute Gasteiger partial charge is 0.324 e. The highest BCUT2D eigenvalue weighted by molar-refractivity contribution is 6.74. The van der Waals surface area contributed by atoms with Crippen molar-refractivity contribution in [2.45, 2.75) is 18.4 Å². The first-order valence-corrected chi connectivity index (χ1v) is 22.9. The third-order valence-electron chi connectivity index (χ3n) is 15.1. The maximum absolute atomic E-state index is 7.39. The number of rotatable bonds is 7. The van der Waals surface area contributed by atoms with Gasteiger partial charge in [0.1, 0.15) is 234 Å². The van der Waals surface area contributed by atoms with E-state index < -0.39 is 12.0 Å². The van der Waals surface area contributed by atoms with Crippen LogP contribution < -0.4 is 131 Å². The van der Waals surface area contributed by atoms with E-state index in [9.17, 15) is 0 Å². The Labute approximate surface area is 494 Å². The van der Waals surface area contributed by atoms with Crippen molar-refractivity contribution in [1.29, 1.82) is 0 Å². The molecular weight excluding hydrogens is 906 g/mol. The Kier molecular flexibility index (Phi) is 15.1. The van der Waals surface area contributed by atoms with E-state index in [1.807, 2.05) is 0 Å². The summed E-state index contributed by atoms with van der Waals surface area (Å²) in [6.45, 7) is 0. The normalized spacial score (nSPS) is 14.6. The summed E-state index contributed by atoms with van der Waals surface area (Å²) in [4.78, 5) is 0. The van der Waals surface area contributed by atoms with Crippen molar-refractivity contribution >= 4 is 408 Å². The van der Waals surface area contributed by atoms with Gasteiger partial charge in [-0.2, -0.15) is 0 Å². The Hall–Kier alpha value is -4.42. The molecule has 1 aliphatic rings. The highest BCUT2D eigenvalue weighted by Crippen LogP contribution is 2.45. The van der Waals surface area contributed by atoms with E-state index in [0.717, 1.165) is 0 Å². The van der Waals surface area contributed by atoms with Gasteiger partial charge in [-0.25, -0.2) is 0 Å². The summed E-state index contributed by atoms with van der Waals surface area (Å²) in [7, 11) is 195. The van der Waals surface area contributed by atoms with Gasteiger partial charge >= 0.3 is 0 Å². The van der Waals surface area contributed by atoms with Crippen LogP contribution in [0.1, 0.15) is 23.1 Å². The molecule has 290 valence electrons. The van der Waals surface area contributed by atoms with E-state index in [1.54, 1.807) is 0 Å². The third kappa shape index (κ3) is 7.82. The standard InChI is InChI=1S/C47H5B29N2/c1-2-6(17(51)5(48)3-4-15(49)27(61)34(68)28(62)16(4)50)77-43-11(13-25(59)31(65)36(70)41(75)44(13)77)18(52)7(22(56)38(43)72)8-19(53)12-14-26(60)32(66)37(71)42(76)47(14)78(46(12)39(73)23(8)57)45-10(24(58)33(67)40(45)74)9-20(54)29(63)35(69)30(64)21(9)55/h1,6,10H,3H2/b17-5-. The van der Waals surface area contributed by atoms with Crippen molar-refractivity contribution in [3.8, 4) is 23.5 Å². The summed E-state index contributed by atoms with van der Waals surface area (Å²) in [5.74, 6) is 1.40. The predicted octanol–water partition coefficient (Wildman–Crippen LogP) is -19.7. The summed E-state index contributed by atoms with van der Waals surface area (Å²) in [6, 6.07) is -1.39. The molecular formula is C47H5B29N2. The number of terminal acetylenes is 1. The fraction of sp³-hybridized carbons (Fsp3) is 0.0638. The van der Waals surface area contributed by atoms with Crippen molar-refractivity contribution in [3.05, 3.63) is 38.5 Å². The van der Waals surface area contributed by atoms with Crippen molar-refractivity contribution in [2.75, 3.05) is 0 Å². The fourth-order valence-electron chi connectivity index (χ4n) is 10.8. The number of nitrogens with zero attached hydrogens (tertiary/aromatic N) is 2. The van der Waals surface area contributed by atoms with Crippen LogP contribution in [0, 0.1) is 12.3 Å². The molecule has 0 N–H and O–H groups in total. The predicted molar refractivity (Wildman–Crippen MR) is 360 cm³/mol. The van der Waals surface area contributed by atoms with Gasteiger partial charge in [0.05, 0.1) is 0 Å². The molecule has 2 aromatic heterocycles. The first-order valence-electron chi connectivity index (χ1n) is 22.9. The molecule has 0 saturated carbocycles. The minimum Gasteiger partial charge on any atom is -0.324 e. The monoisotopic (exact) mass is 916 g/mol. The summed E-state index contributed by atoms with van der Waals surface area (Å²) >= 11 is 0. The molecule has 9 rings (SSSR count). The Morgan fingerprint density at radius 1 is 0.372 bits per heavy atom. The molecule has 1 aliphatic carbocycles. The molecule has 0 saturated heterocycles. The Morgan fingerprint density at radius 2 is 0.692 bits per heavy atom. The van der Waals surface area contributed by atoms with E-state index >= 15 is 0 Å². The van der Waals surface area contributed by atoms with Crippen molar-refractivity contribution in [1.82, 2.24) is 9.13 Å². The number of fused-ring (bicyclic) bond motifs is 6. The highest BCUT2D eigenvalue weighted by atomic mass is 15.0. The van der Waals surface area contributed by atoms with E-state index in [1.165, 1.54) is 9.13 Å². The zero-order chi connectivity index (χ0) is 58.0. The molecule has 2 nitrogen and oxygen atoms in total. The lowest BCUT2D eigenvalue weighted by atomic mass is 9.57. The Morgan fingerprint density at radius 3 is 1.13 bits per heavy atom. The smallest absolute Gasteiger partial charge is 0.115 e. The number of allylic oxidation sites excluding steroid dienone is 6. The van der Waals surface area contributed by atoms with Crippen LogP contribution in [0.15, 0.2) is 27.4 Å². The SMILES string of the molecule is [B]C1=C([B])C(c2c([B])c([B])c([B])c([B])c2[B])C(n2c3c([B])c([B])c([B])c([B])c3c3c([B])c(-c4c([B])c([B])c5c(c4[B])c4c([B])c([B])c([B])c([B])c4n5C(C#C)/C([B])=C(/[B])Cc4c([B])c([B])c([B])c([B])c4[B])c([B])c([B])c32)=C1[B]. The third-order valence-corrected chi connectivity index (χ3v) is 15.1. The molecule has 6 aromatic carbocycles. The van der Waals surface area contributed by atoms with Crippen molar-refractivity contribution < 1.29 is 0 Å². The molecule has 0 spiro atoms. The second kappa shape index (κ2) is 20.2. The molecule has 0 aliphatic heterocycles. The number of aromatic nitrogens is 2. The first-order chi connectivity index (χ1) is 36.3. The van der Waals surface area contributed by atoms with Gasteiger partial charge in [0.15, 0.2) is 0 Å². The summed E-state index contributed by atoms with van der Waals surface area (Å²) in [6.07, 6.45) is 6.10. The summed E-state index contributed by atoms with van der Waals surface area (Å²) in [5.41, 5.74) is -3.11. The number of hydrogen-bond donors (Lipinski definition) is 0. The van der Waals surface area contributed by atoms with Gasteiger partial charge in [-0.15, -0.1) is 99.3 Å². The molecule has 2 heterocycles. The van der Waals surface area contributed by atoms with E-state index in [4.69, 9.17) is 234 Å². The summed E-state index contributed by atoms with van der Waals surface area (Å²) < 4.78 is 2.89.